The molecule has 9 nitrogen and oxygen atoms in total. The topological polar surface area (TPSA) is 91.6 Å². The molecule has 0 bridgehead atoms. The van der Waals surface area contributed by atoms with Crippen LogP contribution >= 0.6 is 0 Å². The minimum atomic E-state index is -0.313. The van der Waals surface area contributed by atoms with Crippen LogP contribution in [0.3, 0.4) is 0 Å². The smallest absolute Gasteiger partial charge is 0.294 e. The maximum atomic E-state index is 13.4. The number of rotatable bonds is 4. The fraction of sp³-hybridized carbons (Fsp3) is 0.346. The molecule has 180 valence electrons. The van der Waals surface area contributed by atoms with Gasteiger partial charge in [-0.15, -0.1) is 5.10 Å². The van der Waals surface area contributed by atoms with Crippen LogP contribution < -0.4 is 0 Å². The van der Waals surface area contributed by atoms with E-state index < -0.39 is 0 Å². The molecule has 0 saturated carbocycles. The molecule has 2 saturated heterocycles. The Hall–Kier alpha value is -4.01. The SMILES string of the molecule is Cc1nn(-c2ccccc2)nc1C(=O)N1CCCN1C(=O)C1CCN(C(=O)c2ccccc2)CC1. The van der Waals surface area contributed by atoms with Gasteiger partial charge >= 0.3 is 0 Å². The zero-order chi connectivity index (χ0) is 24.4. The molecule has 0 N–H and O–H groups in total. The summed E-state index contributed by atoms with van der Waals surface area (Å²) in [6.45, 7) is 3.77. The second-order valence-corrected chi connectivity index (χ2v) is 8.93. The van der Waals surface area contributed by atoms with Crippen molar-refractivity contribution < 1.29 is 14.4 Å². The normalized spacial score (nSPS) is 16.5. The summed E-state index contributed by atoms with van der Waals surface area (Å²) in [5, 5.41) is 11.9. The summed E-state index contributed by atoms with van der Waals surface area (Å²) in [7, 11) is 0. The first-order valence-corrected chi connectivity index (χ1v) is 12.0. The molecular formula is C26H28N6O3. The number of aryl methyl sites for hydroxylation is 1. The molecule has 0 unspecified atom stereocenters. The highest BCUT2D eigenvalue weighted by molar-refractivity contribution is 5.95. The monoisotopic (exact) mass is 472 g/mol. The van der Waals surface area contributed by atoms with Crippen LogP contribution in [0.4, 0.5) is 0 Å². The van der Waals surface area contributed by atoms with Crippen molar-refractivity contribution in [3.63, 3.8) is 0 Å². The van der Waals surface area contributed by atoms with Gasteiger partial charge in [0.1, 0.15) is 0 Å². The van der Waals surface area contributed by atoms with Crippen molar-refractivity contribution in [1.29, 1.82) is 0 Å². The van der Waals surface area contributed by atoms with E-state index in [2.05, 4.69) is 10.2 Å². The first kappa shape index (κ1) is 22.8. The molecule has 0 atom stereocenters. The molecule has 2 fully saturated rings. The lowest BCUT2D eigenvalue weighted by Gasteiger charge is -2.35. The number of hydrogen-bond donors (Lipinski definition) is 0. The van der Waals surface area contributed by atoms with Crippen molar-refractivity contribution in [3.05, 3.63) is 77.6 Å². The molecule has 0 spiro atoms. The van der Waals surface area contributed by atoms with E-state index in [0.29, 0.717) is 56.7 Å². The molecule has 0 radical (unpaired) electrons. The van der Waals surface area contributed by atoms with Crippen LogP contribution in [0, 0.1) is 12.8 Å². The maximum absolute atomic E-state index is 13.4. The standard InChI is InChI=1S/C26H28N6O3/c1-19-23(28-32(27-19)22-11-6-3-7-12-22)26(35)31-16-8-15-30(31)25(34)21-13-17-29(18-14-21)24(33)20-9-4-2-5-10-20/h2-7,9-12,21H,8,13-18H2,1H3. The van der Waals surface area contributed by atoms with Crippen LogP contribution in [-0.2, 0) is 4.79 Å². The van der Waals surface area contributed by atoms with Gasteiger partial charge in [0.05, 0.1) is 11.4 Å². The van der Waals surface area contributed by atoms with E-state index in [1.807, 2.05) is 60.7 Å². The van der Waals surface area contributed by atoms with Gasteiger partial charge in [0.2, 0.25) is 5.91 Å². The van der Waals surface area contributed by atoms with E-state index in [1.165, 1.54) is 9.81 Å². The van der Waals surface area contributed by atoms with Gasteiger partial charge < -0.3 is 4.90 Å². The van der Waals surface area contributed by atoms with E-state index in [4.69, 9.17) is 0 Å². The fourth-order valence-electron chi connectivity index (χ4n) is 4.73. The van der Waals surface area contributed by atoms with E-state index in [1.54, 1.807) is 16.8 Å². The second kappa shape index (κ2) is 9.69. The zero-order valence-corrected chi connectivity index (χ0v) is 19.7. The van der Waals surface area contributed by atoms with Crippen LogP contribution in [0.2, 0.25) is 0 Å². The minimum absolute atomic E-state index is 0.00791. The van der Waals surface area contributed by atoms with Crippen LogP contribution in [0.1, 0.15) is 45.8 Å². The van der Waals surface area contributed by atoms with Crippen LogP contribution in [-0.4, -0.2) is 73.8 Å². The quantitative estimate of drug-likeness (QED) is 0.582. The number of amides is 3. The molecule has 0 aliphatic carbocycles. The minimum Gasteiger partial charge on any atom is -0.339 e. The number of hydrazine groups is 1. The molecule has 2 aromatic carbocycles. The van der Waals surface area contributed by atoms with Crippen LogP contribution in [0.15, 0.2) is 60.7 Å². The lowest BCUT2D eigenvalue weighted by molar-refractivity contribution is -0.146. The summed E-state index contributed by atoms with van der Waals surface area (Å²) in [5.41, 5.74) is 2.19. The molecule has 2 aliphatic heterocycles. The molecule has 3 aromatic rings. The Morgan fingerprint density at radius 2 is 1.40 bits per heavy atom. The van der Waals surface area contributed by atoms with Crippen molar-refractivity contribution in [2.24, 2.45) is 5.92 Å². The molecule has 1 aromatic heterocycles. The summed E-state index contributed by atoms with van der Waals surface area (Å²) >= 11 is 0. The number of carbonyl (C=O) groups excluding carboxylic acids is 3. The number of benzene rings is 2. The summed E-state index contributed by atoms with van der Waals surface area (Å²) < 4.78 is 0. The van der Waals surface area contributed by atoms with Gasteiger partial charge in [-0.2, -0.15) is 9.90 Å². The number of hydrogen-bond acceptors (Lipinski definition) is 5. The van der Waals surface area contributed by atoms with Gasteiger partial charge in [0, 0.05) is 37.7 Å². The molecule has 3 heterocycles. The molecule has 35 heavy (non-hydrogen) atoms. The fourth-order valence-corrected chi connectivity index (χ4v) is 4.73. The van der Waals surface area contributed by atoms with E-state index >= 15 is 0 Å². The number of piperidine rings is 1. The van der Waals surface area contributed by atoms with Gasteiger partial charge in [0.15, 0.2) is 5.69 Å². The summed E-state index contributed by atoms with van der Waals surface area (Å²) in [4.78, 5) is 42.7. The summed E-state index contributed by atoms with van der Waals surface area (Å²) in [6.07, 6.45) is 1.88. The predicted molar refractivity (Wildman–Crippen MR) is 129 cm³/mol. The van der Waals surface area contributed by atoms with Gasteiger partial charge in [-0.05, 0) is 50.5 Å². The summed E-state index contributed by atoms with van der Waals surface area (Å²) in [5.74, 6) is -0.598. The highest BCUT2D eigenvalue weighted by Crippen LogP contribution is 2.25. The highest BCUT2D eigenvalue weighted by Gasteiger charge is 2.38. The maximum Gasteiger partial charge on any atom is 0.294 e. The Morgan fingerprint density at radius 1 is 0.771 bits per heavy atom. The number of nitrogens with zero attached hydrogens (tertiary/aromatic N) is 6. The number of carbonyl (C=O) groups is 3. The van der Waals surface area contributed by atoms with Gasteiger partial charge in [-0.1, -0.05) is 36.4 Å². The van der Waals surface area contributed by atoms with Crippen molar-refractivity contribution in [3.8, 4) is 5.69 Å². The first-order valence-electron chi connectivity index (χ1n) is 12.0. The molecule has 9 heteroatoms. The zero-order valence-electron chi connectivity index (χ0n) is 19.7. The molecule has 3 amide bonds. The number of aromatic nitrogens is 3. The second-order valence-electron chi connectivity index (χ2n) is 8.93. The highest BCUT2D eigenvalue weighted by atomic mass is 16.2. The lowest BCUT2D eigenvalue weighted by Crippen LogP contribution is -2.50. The number of para-hydroxylation sites is 1. The van der Waals surface area contributed by atoms with Crippen molar-refractivity contribution in [2.45, 2.75) is 26.2 Å². The van der Waals surface area contributed by atoms with Crippen LogP contribution in [0.25, 0.3) is 5.69 Å². The first-order chi connectivity index (χ1) is 17.0. The van der Waals surface area contributed by atoms with Crippen molar-refractivity contribution in [1.82, 2.24) is 29.9 Å². The molecule has 2 aliphatic rings. The van der Waals surface area contributed by atoms with Gasteiger partial charge in [-0.25, -0.2) is 5.01 Å². The van der Waals surface area contributed by atoms with Gasteiger partial charge in [0.25, 0.3) is 11.8 Å². The Balaban J connectivity index is 1.25. The molecule has 5 rings (SSSR count). The third-order valence-electron chi connectivity index (χ3n) is 6.64. The van der Waals surface area contributed by atoms with E-state index in [-0.39, 0.29) is 29.3 Å². The number of likely N-dealkylation sites (tertiary alicyclic amines) is 1. The predicted octanol–water partition coefficient (Wildman–Crippen LogP) is 2.72. The average molecular weight is 473 g/mol. The van der Waals surface area contributed by atoms with Crippen molar-refractivity contribution >= 4 is 17.7 Å². The average Bonchev–Trinajstić information content (AvgIpc) is 3.56. The Bertz CT molecular complexity index is 1220. The summed E-state index contributed by atoms with van der Waals surface area (Å²) in [6, 6.07) is 18.6. The Kier molecular flexibility index (Phi) is 6.31. The van der Waals surface area contributed by atoms with Crippen LogP contribution in [0.5, 0.6) is 0 Å². The largest absolute Gasteiger partial charge is 0.339 e. The third-order valence-corrected chi connectivity index (χ3v) is 6.64. The molecular weight excluding hydrogens is 444 g/mol. The van der Waals surface area contributed by atoms with E-state index in [0.717, 1.165) is 5.69 Å². The van der Waals surface area contributed by atoms with Gasteiger partial charge in [-0.3, -0.25) is 19.4 Å². The van der Waals surface area contributed by atoms with E-state index in [9.17, 15) is 14.4 Å². The van der Waals surface area contributed by atoms with Crippen molar-refractivity contribution in [2.75, 3.05) is 26.2 Å². The Labute approximate surface area is 203 Å². The Morgan fingerprint density at radius 3 is 2.09 bits per heavy atom. The lowest BCUT2D eigenvalue weighted by atomic mass is 9.95. The third kappa shape index (κ3) is 4.53.